The second-order valence-corrected chi connectivity index (χ2v) is 7.34. The highest BCUT2D eigenvalue weighted by molar-refractivity contribution is 7.14. The molecule has 6 heteroatoms. The molecule has 1 aromatic carbocycles. The second-order valence-electron chi connectivity index (χ2n) is 6.40. The number of piperidine rings is 1. The molecule has 2 aromatic rings. The van der Waals surface area contributed by atoms with Gasteiger partial charge >= 0.3 is 6.03 Å². The van der Waals surface area contributed by atoms with Crippen LogP contribution in [0.25, 0.3) is 0 Å². The molecule has 3 rings (SSSR count). The number of hydrogen-bond acceptors (Lipinski definition) is 3. The summed E-state index contributed by atoms with van der Waals surface area (Å²) >= 11 is 1.49. The first-order valence-electron chi connectivity index (χ1n) is 8.54. The Balaban J connectivity index is 1.50. The van der Waals surface area contributed by atoms with Crippen LogP contribution in [-0.2, 0) is 11.3 Å². The summed E-state index contributed by atoms with van der Waals surface area (Å²) in [6, 6.07) is 11.8. The molecule has 5 nitrogen and oxygen atoms in total. The molecule has 1 aliphatic rings. The largest absolute Gasteiger partial charge is 0.352 e. The smallest absolute Gasteiger partial charge is 0.322 e. The highest BCUT2D eigenvalue weighted by Crippen LogP contribution is 2.20. The molecule has 2 N–H and O–H groups in total. The number of nitrogens with one attached hydrogen (secondary N) is 2. The van der Waals surface area contributed by atoms with Gasteiger partial charge in [0.25, 0.3) is 0 Å². The lowest BCUT2D eigenvalue weighted by atomic mass is 9.97. The predicted octanol–water partition coefficient (Wildman–Crippen LogP) is 3.62. The Morgan fingerprint density at radius 3 is 2.76 bits per heavy atom. The van der Waals surface area contributed by atoms with Gasteiger partial charge in [-0.3, -0.25) is 10.1 Å². The number of carbonyl (C=O) groups is 2. The van der Waals surface area contributed by atoms with E-state index in [1.807, 2.05) is 48.7 Å². The summed E-state index contributed by atoms with van der Waals surface area (Å²) in [6.45, 7) is 3.73. The fourth-order valence-corrected chi connectivity index (χ4v) is 3.56. The van der Waals surface area contributed by atoms with Gasteiger partial charge in [-0.05, 0) is 42.8 Å². The van der Waals surface area contributed by atoms with E-state index < -0.39 is 0 Å². The maximum Gasteiger partial charge on any atom is 0.322 e. The van der Waals surface area contributed by atoms with Gasteiger partial charge in [0.15, 0.2) is 0 Å². The van der Waals surface area contributed by atoms with E-state index in [1.165, 1.54) is 16.9 Å². The highest BCUT2D eigenvalue weighted by Gasteiger charge is 2.28. The van der Waals surface area contributed by atoms with Crippen LogP contribution in [-0.4, -0.2) is 29.9 Å². The van der Waals surface area contributed by atoms with Crippen LogP contribution in [0.15, 0.2) is 41.8 Å². The van der Waals surface area contributed by atoms with Crippen molar-refractivity contribution in [2.24, 2.45) is 5.92 Å². The van der Waals surface area contributed by atoms with Crippen molar-refractivity contribution in [3.05, 3.63) is 52.9 Å². The van der Waals surface area contributed by atoms with Gasteiger partial charge in [0, 0.05) is 19.6 Å². The van der Waals surface area contributed by atoms with Crippen molar-refractivity contribution < 1.29 is 9.59 Å². The number of likely N-dealkylation sites (tertiary alicyclic amines) is 1. The second kappa shape index (κ2) is 8.16. The number of carbonyl (C=O) groups excluding carboxylic acids is 2. The summed E-state index contributed by atoms with van der Waals surface area (Å²) in [5.41, 5.74) is 2.29. The fraction of sp³-hybridized carbons (Fsp3) is 0.368. The molecule has 132 valence electrons. The molecule has 1 unspecified atom stereocenters. The van der Waals surface area contributed by atoms with Crippen molar-refractivity contribution in [2.75, 3.05) is 18.4 Å². The van der Waals surface area contributed by atoms with Crippen molar-refractivity contribution in [2.45, 2.75) is 26.3 Å². The number of benzene rings is 1. The molecular formula is C19H23N3O2S. The van der Waals surface area contributed by atoms with Crippen LogP contribution in [0.5, 0.6) is 0 Å². The van der Waals surface area contributed by atoms with Crippen LogP contribution in [0.2, 0.25) is 0 Å². The van der Waals surface area contributed by atoms with Crippen LogP contribution in [0.3, 0.4) is 0 Å². The monoisotopic (exact) mass is 357 g/mol. The summed E-state index contributed by atoms with van der Waals surface area (Å²) in [6.07, 6.45) is 1.67. The minimum atomic E-state index is -0.145. The zero-order valence-electron chi connectivity index (χ0n) is 14.3. The molecule has 0 bridgehead atoms. The van der Waals surface area contributed by atoms with E-state index in [9.17, 15) is 9.59 Å². The van der Waals surface area contributed by atoms with Crippen molar-refractivity contribution in [3.8, 4) is 0 Å². The first-order valence-corrected chi connectivity index (χ1v) is 9.42. The molecule has 0 aliphatic carbocycles. The molecule has 3 amide bonds. The quantitative estimate of drug-likeness (QED) is 0.878. The van der Waals surface area contributed by atoms with Crippen molar-refractivity contribution >= 4 is 28.3 Å². The molecule has 1 aliphatic heterocycles. The van der Waals surface area contributed by atoms with Gasteiger partial charge < -0.3 is 10.2 Å². The van der Waals surface area contributed by atoms with Crippen LogP contribution >= 0.6 is 11.3 Å². The van der Waals surface area contributed by atoms with Crippen molar-refractivity contribution in [1.82, 2.24) is 10.2 Å². The number of nitrogens with zero attached hydrogens (tertiary/aromatic N) is 1. The van der Waals surface area contributed by atoms with Gasteiger partial charge in [-0.2, -0.15) is 0 Å². The van der Waals surface area contributed by atoms with Gasteiger partial charge in [-0.1, -0.05) is 29.8 Å². The van der Waals surface area contributed by atoms with E-state index in [0.717, 1.165) is 23.4 Å². The third kappa shape index (κ3) is 4.82. The lowest BCUT2D eigenvalue weighted by Crippen LogP contribution is -2.46. The Morgan fingerprint density at radius 1 is 1.24 bits per heavy atom. The van der Waals surface area contributed by atoms with Crippen LogP contribution in [0.1, 0.15) is 24.0 Å². The fourth-order valence-electron chi connectivity index (χ4n) is 2.95. The summed E-state index contributed by atoms with van der Waals surface area (Å²) < 4.78 is 0. The van der Waals surface area contributed by atoms with Gasteiger partial charge in [0.1, 0.15) is 0 Å². The third-order valence-electron chi connectivity index (χ3n) is 4.42. The minimum absolute atomic E-state index is 0.0224. The zero-order valence-corrected chi connectivity index (χ0v) is 15.1. The minimum Gasteiger partial charge on any atom is -0.352 e. The number of thiophene rings is 1. The topological polar surface area (TPSA) is 61.4 Å². The highest BCUT2D eigenvalue weighted by atomic mass is 32.1. The van der Waals surface area contributed by atoms with Gasteiger partial charge in [-0.25, -0.2) is 4.79 Å². The molecule has 0 spiro atoms. The molecule has 0 saturated carbocycles. The van der Waals surface area contributed by atoms with E-state index in [4.69, 9.17) is 0 Å². The number of hydrogen-bond donors (Lipinski definition) is 2. The maximum absolute atomic E-state index is 12.5. The first-order chi connectivity index (χ1) is 12.1. The first kappa shape index (κ1) is 17.5. The van der Waals surface area contributed by atoms with E-state index in [-0.39, 0.29) is 17.9 Å². The Morgan fingerprint density at radius 2 is 2.04 bits per heavy atom. The van der Waals surface area contributed by atoms with Gasteiger partial charge in [0.05, 0.1) is 10.9 Å². The lowest BCUT2D eigenvalue weighted by Gasteiger charge is -2.31. The predicted molar refractivity (Wildman–Crippen MR) is 101 cm³/mol. The Bertz CT molecular complexity index is 713. The average Bonchev–Trinajstić information content (AvgIpc) is 3.14. The number of amides is 3. The van der Waals surface area contributed by atoms with Crippen molar-refractivity contribution in [3.63, 3.8) is 0 Å². The van der Waals surface area contributed by atoms with Gasteiger partial charge in [0.2, 0.25) is 5.91 Å². The molecular weight excluding hydrogens is 334 g/mol. The van der Waals surface area contributed by atoms with E-state index in [0.29, 0.717) is 19.6 Å². The van der Waals surface area contributed by atoms with E-state index in [2.05, 4.69) is 10.6 Å². The maximum atomic E-state index is 12.5. The van der Waals surface area contributed by atoms with E-state index in [1.54, 1.807) is 4.90 Å². The molecule has 0 radical (unpaired) electrons. The standard InChI is InChI=1S/C19H23N3O2S/c1-14-6-8-15(9-7-14)12-20-18(23)16-4-2-10-22(13-16)19(24)21-17-5-3-11-25-17/h3,5-9,11,16H,2,4,10,12-13H2,1H3,(H,20,23)(H,21,24). The van der Waals surface area contributed by atoms with Crippen molar-refractivity contribution in [1.29, 1.82) is 0 Å². The molecule has 1 aromatic heterocycles. The zero-order chi connectivity index (χ0) is 17.6. The molecule has 1 saturated heterocycles. The molecule has 2 heterocycles. The summed E-state index contributed by atoms with van der Waals surface area (Å²) in [5.74, 6) is -0.123. The summed E-state index contributed by atoms with van der Waals surface area (Å²) in [4.78, 5) is 26.5. The van der Waals surface area contributed by atoms with Gasteiger partial charge in [-0.15, -0.1) is 11.3 Å². The molecule has 1 fully saturated rings. The Kier molecular flexibility index (Phi) is 5.71. The summed E-state index contributed by atoms with van der Waals surface area (Å²) in [7, 11) is 0. The Labute approximate surface area is 152 Å². The number of aryl methyl sites for hydroxylation is 1. The average molecular weight is 357 g/mol. The molecule has 1 atom stereocenters. The SMILES string of the molecule is Cc1ccc(CNC(=O)C2CCCN(C(=O)Nc3cccs3)C2)cc1. The number of anilines is 1. The number of urea groups is 1. The lowest BCUT2D eigenvalue weighted by molar-refractivity contribution is -0.126. The Hall–Kier alpha value is -2.34. The molecule has 25 heavy (non-hydrogen) atoms. The summed E-state index contributed by atoms with van der Waals surface area (Å²) in [5, 5.41) is 8.64. The van der Waals surface area contributed by atoms with Crippen LogP contribution in [0.4, 0.5) is 9.80 Å². The third-order valence-corrected chi connectivity index (χ3v) is 5.20. The number of rotatable bonds is 4. The van der Waals surface area contributed by atoms with E-state index >= 15 is 0 Å². The van der Waals surface area contributed by atoms with Crippen LogP contribution in [0, 0.1) is 12.8 Å². The van der Waals surface area contributed by atoms with Crippen LogP contribution < -0.4 is 10.6 Å². The normalized spacial score (nSPS) is 17.2.